The number of H-pyrrole nitrogens is 1. The molecule has 166 valence electrons. The third-order valence-corrected chi connectivity index (χ3v) is 5.71. The Balaban J connectivity index is 1.22. The Bertz CT molecular complexity index is 1000. The van der Waals surface area contributed by atoms with Gasteiger partial charge in [-0.1, -0.05) is 42.5 Å². The minimum Gasteiger partial charge on any atom is -0.493 e. The largest absolute Gasteiger partial charge is 0.493 e. The van der Waals surface area contributed by atoms with Crippen molar-refractivity contribution in [2.24, 2.45) is 5.92 Å². The van der Waals surface area contributed by atoms with Gasteiger partial charge in [0.15, 0.2) is 0 Å². The summed E-state index contributed by atoms with van der Waals surface area (Å²) in [4.78, 5) is 27.1. The van der Waals surface area contributed by atoms with E-state index in [9.17, 15) is 9.59 Å². The highest BCUT2D eigenvalue weighted by molar-refractivity contribution is 5.81. The predicted molar refractivity (Wildman–Crippen MR) is 122 cm³/mol. The van der Waals surface area contributed by atoms with Gasteiger partial charge in [0.2, 0.25) is 11.8 Å². The number of hydrogen-bond donors (Lipinski definition) is 2. The van der Waals surface area contributed by atoms with Gasteiger partial charge in [0.1, 0.15) is 5.75 Å². The summed E-state index contributed by atoms with van der Waals surface area (Å²) < 4.78 is 5.63. The number of carbonyl (C=O) groups is 2. The van der Waals surface area contributed by atoms with Gasteiger partial charge in [-0.15, -0.1) is 0 Å². The fraction of sp³-hybridized carbons (Fsp3) is 0.320. The lowest BCUT2D eigenvalue weighted by molar-refractivity contribution is -0.136. The molecule has 2 amide bonds. The van der Waals surface area contributed by atoms with E-state index in [1.807, 2.05) is 60.7 Å². The van der Waals surface area contributed by atoms with Crippen LogP contribution in [0.4, 0.5) is 0 Å². The summed E-state index contributed by atoms with van der Waals surface area (Å²) in [6.45, 7) is 1.97. The molecule has 1 aliphatic rings. The van der Waals surface area contributed by atoms with Crippen LogP contribution in [-0.2, 0) is 16.1 Å². The summed E-state index contributed by atoms with van der Waals surface area (Å²) in [6.07, 6.45) is 3.67. The Hall–Kier alpha value is -3.61. The number of hydrogen-bond acceptors (Lipinski definition) is 4. The van der Waals surface area contributed by atoms with Crippen molar-refractivity contribution in [3.8, 4) is 17.0 Å². The van der Waals surface area contributed by atoms with Gasteiger partial charge in [0, 0.05) is 25.8 Å². The quantitative estimate of drug-likeness (QED) is 0.571. The molecule has 0 bridgehead atoms. The molecule has 0 spiro atoms. The standard InChI is InChI=1S/C25H28N4O3/c30-24(13-16-32-22-6-2-1-3-7-22)29-15-4-5-21(18-29)25(31)26-17-19-8-10-20(11-9-19)23-12-14-27-28-23/h1-3,6-12,14,21H,4-5,13,15-18H2,(H,26,31)(H,27,28). The van der Waals surface area contributed by atoms with E-state index >= 15 is 0 Å². The first-order chi connectivity index (χ1) is 15.7. The molecule has 3 aromatic rings. The molecule has 7 nitrogen and oxygen atoms in total. The highest BCUT2D eigenvalue weighted by Gasteiger charge is 2.28. The van der Waals surface area contributed by atoms with Crippen LogP contribution in [-0.4, -0.2) is 46.6 Å². The van der Waals surface area contributed by atoms with Crippen LogP contribution in [0.25, 0.3) is 11.3 Å². The van der Waals surface area contributed by atoms with Gasteiger partial charge in [-0.3, -0.25) is 14.7 Å². The van der Waals surface area contributed by atoms with Crippen LogP contribution in [0.1, 0.15) is 24.8 Å². The minimum absolute atomic E-state index is 0.000630. The van der Waals surface area contributed by atoms with E-state index in [-0.39, 0.29) is 17.7 Å². The maximum absolute atomic E-state index is 12.7. The van der Waals surface area contributed by atoms with E-state index < -0.39 is 0 Å². The van der Waals surface area contributed by atoms with E-state index in [2.05, 4.69) is 15.5 Å². The van der Waals surface area contributed by atoms with Crippen molar-refractivity contribution in [2.45, 2.75) is 25.8 Å². The Labute approximate surface area is 187 Å². The Kier molecular flexibility index (Phi) is 7.17. The van der Waals surface area contributed by atoms with Gasteiger partial charge >= 0.3 is 0 Å². The molecule has 2 heterocycles. The van der Waals surface area contributed by atoms with Crippen LogP contribution >= 0.6 is 0 Å². The molecule has 7 heteroatoms. The lowest BCUT2D eigenvalue weighted by Gasteiger charge is -2.32. The van der Waals surface area contributed by atoms with Crippen LogP contribution in [0, 0.1) is 5.92 Å². The average Bonchev–Trinajstić information content (AvgIpc) is 3.39. The molecule has 4 rings (SSSR count). The fourth-order valence-corrected chi connectivity index (χ4v) is 3.90. The summed E-state index contributed by atoms with van der Waals surface area (Å²) in [5.41, 5.74) is 3.04. The highest BCUT2D eigenvalue weighted by atomic mass is 16.5. The molecule has 2 N–H and O–H groups in total. The lowest BCUT2D eigenvalue weighted by atomic mass is 9.96. The normalized spacial score (nSPS) is 15.9. The highest BCUT2D eigenvalue weighted by Crippen LogP contribution is 2.19. The number of rotatable bonds is 8. The first-order valence-corrected chi connectivity index (χ1v) is 11.0. The zero-order chi connectivity index (χ0) is 22.2. The minimum atomic E-state index is -0.174. The number of nitrogens with zero attached hydrogens (tertiary/aromatic N) is 2. The monoisotopic (exact) mass is 432 g/mol. The molecule has 32 heavy (non-hydrogen) atoms. The lowest BCUT2D eigenvalue weighted by Crippen LogP contribution is -2.45. The van der Waals surface area contributed by atoms with E-state index in [4.69, 9.17) is 4.74 Å². The van der Waals surface area contributed by atoms with Crippen LogP contribution in [0.5, 0.6) is 5.75 Å². The number of ether oxygens (including phenoxy) is 1. The number of para-hydroxylation sites is 1. The first-order valence-electron chi connectivity index (χ1n) is 11.0. The van der Waals surface area contributed by atoms with Crippen molar-refractivity contribution >= 4 is 11.8 Å². The van der Waals surface area contributed by atoms with E-state index in [1.54, 1.807) is 11.1 Å². The van der Waals surface area contributed by atoms with Gasteiger partial charge in [-0.2, -0.15) is 5.10 Å². The molecule has 1 saturated heterocycles. The summed E-state index contributed by atoms with van der Waals surface area (Å²) in [5.74, 6) is 0.620. The van der Waals surface area contributed by atoms with Crippen molar-refractivity contribution in [3.05, 3.63) is 72.4 Å². The molecule has 0 aliphatic carbocycles. The zero-order valence-electron chi connectivity index (χ0n) is 18.0. The number of piperidine rings is 1. The van der Waals surface area contributed by atoms with Crippen LogP contribution in [0.3, 0.4) is 0 Å². The first kappa shape index (κ1) is 21.6. The molecule has 1 fully saturated rings. The third kappa shape index (κ3) is 5.75. The molecule has 0 radical (unpaired) electrons. The fourth-order valence-electron chi connectivity index (χ4n) is 3.90. The number of amides is 2. The van der Waals surface area contributed by atoms with Gasteiger partial charge in [0.05, 0.1) is 24.6 Å². The summed E-state index contributed by atoms with van der Waals surface area (Å²) in [7, 11) is 0. The van der Waals surface area contributed by atoms with Gasteiger partial charge < -0.3 is 15.0 Å². The maximum atomic E-state index is 12.7. The number of benzene rings is 2. The third-order valence-electron chi connectivity index (χ3n) is 5.71. The molecular formula is C25H28N4O3. The van der Waals surface area contributed by atoms with Crippen LogP contribution in [0.15, 0.2) is 66.9 Å². The van der Waals surface area contributed by atoms with Crippen LogP contribution in [0.2, 0.25) is 0 Å². The topological polar surface area (TPSA) is 87.3 Å². The van der Waals surface area contributed by atoms with Crippen molar-refractivity contribution in [1.82, 2.24) is 20.4 Å². The molecular weight excluding hydrogens is 404 g/mol. The average molecular weight is 433 g/mol. The van der Waals surface area contributed by atoms with E-state index in [1.165, 1.54) is 0 Å². The van der Waals surface area contributed by atoms with Gasteiger partial charge in [-0.05, 0) is 42.2 Å². The molecule has 1 aliphatic heterocycles. The van der Waals surface area contributed by atoms with Crippen molar-refractivity contribution < 1.29 is 14.3 Å². The molecule has 1 unspecified atom stereocenters. The molecule has 1 aromatic heterocycles. The maximum Gasteiger partial charge on any atom is 0.226 e. The van der Waals surface area contributed by atoms with Crippen molar-refractivity contribution in [3.63, 3.8) is 0 Å². The Morgan fingerprint density at radius 1 is 1.09 bits per heavy atom. The second-order valence-corrected chi connectivity index (χ2v) is 7.98. The van der Waals surface area contributed by atoms with E-state index in [0.29, 0.717) is 32.7 Å². The predicted octanol–water partition coefficient (Wildman–Crippen LogP) is 3.40. The van der Waals surface area contributed by atoms with Crippen molar-refractivity contribution in [1.29, 1.82) is 0 Å². The smallest absolute Gasteiger partial charge is 0.226 e. The molecule has 2 aromatic carbocycles. The SMILES string of the molecule is O=C(NCc1ccc(-c2ccn[nH]2)cc1)C1CCCN(C(=O)CCOc2ccccc2)C1. The number of aromatic amines is 1. The summed E-state index contributed by atoms with van der Waals surface area (Å²) in [6, 6.07) is 19.4. The molecule has 0 saturated carbocycles. The van der Waals surface area contributed by atoms with E-state index in [0.717, 1.165) is 35.4 Å². The summed E-state index contributed by atoms with van der Waals surface area (Å²) >= 11 is 0. The number of carbonyl (C=O) groups excluding carboxylic acids is 2. The number of likely N-dealkylation sites (tertiary alicyclic amines) is 1. The molecule has 1 atom stereocenters. The summed E-state index contributed by atoms with van der Waals surface area (Å²) in [5, 5.41) is 9.93. The number of nitrogens with one attached hydrogen (secondary N) is 2. The second kappa shape index (κ2) is 10.6. The zero-order valence-corrected chi connectivity index (χ0v) is 18.0. The van der Waals surface area contributed by atoms with Gasteiger partial charge in [-0.25, -0.2) is 0 Å². The van der Waals surface area contributed by atoms with Gasteiger partial charge in [0.25, 0.3) is 0 Å². The Morgan fingerprint density at radius 2 is 1.91 bits per heavy atom. The number of aromatic nitrogens is 2. The Morgan fingerprint density at radius 3 is 2.66 bits per heavy atom. The second-order valence-electron chi connectivity index (χ2n) is 7.98. The van der Waals surface area contributed by atoms with Crippen molar-refractivity contribution in [2.75, 3.05) is 19.7 Å². The van der Waals surface area contributed by atoms with Crippen LogP contribution < -0.4 is 10.1 Å².